The van der Waals surface area contributed by atoms with Crippen molar-refractivity contribution in [3.05, 3.63) is 30.1 Å². The third kappa shape index (κ3) is 3.52. The summed E-state index contributed by atoms with van der Waals surface area (Å²) in [5.74, 6) is -1.09. The van der Waals surface area contributed by atoms with Crippen LogP contribution in [0, 0.1) is 5.92 Å². The molecule has 1 aromatic heterocycles. The molecule has 0 spiro atoms. The number of hydrogen-bond acceptors (Lipinski definition) is 4. The first-order valence-electron chi connectivity index (χ1n) is 6.51. The summed E-state index contributed by atoms with van der Waals surface area (Å²) in [6.45, 7) is 5.92. The molecule has 0 bridgehead atoms. The van der Waals surface area contributed by atoms with Crippen molar-refractivity contribution in [1.82, 2.24) is 9.88 Å². The molecule has 2 rings (SSSR count). The number of aromatic nitrogens is 1. The van der Waals surface area contributed by atoms with Gasteiger partial charge in [-0.25, -0.2) is 0 Å². The van der Waals surface area contributed by atoms with E-state index in [0.29, 0.717) is 13.1 Å². The van der Waals surface area contributed by atoms with E-state index in [1.54, 1.807) is 12.4 Å². The minimum Gasteiger partial charge on any atom is -0.481 e. The number of likely N-dealkylation sites (tertiary alicyclic amines) is 1. The summed E-state index contributed by atoms with van der Waals surface area (Å²) in [6, 6.07) is 3.80. The molecule has 1 fully saturated rings. The summed E-state index contributed by atoms with van der Waals surface area (Å²) >= 11 is 0. The molecule has 1 aromatic rings. The second-order valence-electron chi connectivity index (χ2n) is 6.01. The predicted molar refractivity (Wildman–Crippen MR) is 72.8 cm³/mol. The number of carboxylic acids is 1. The van der Waals surface area contributed by atoms with Gasteiger partial charge in [-0.05, 0) is 31.5 Å². The molecule has 1 aliphatic rings. The van der Waals surface area contributed by atoms with Crippen molar-refractivity contribution >= 4 is 5.97 Å². The molecule has 1 aliphatic heterocycles. The van der Waals surface area contributed by atoms with Crippen LogP contribution in [0.5, 0.6) is 0 Å². The van der Waals surface area contributed by atoms with Crippen LogP contribution >= 0.6 is 0 Å². The highest BCUT2D eigenvalue weighted by Gasteiger charge is 2.39. The monoisotopic (exact) mass is 263 g/mol. The fourth-order valence-corrected chi connectivity index (χ4v) is 2.79. The van der Waals surface area contributed by atoms with Gasteiger partial charge in [0.15, 0.2) is 0 Å². The topological polar surface area (TPSA) is 79.5 Å². The van der Waals surface area contributed by atoms with Gasteiger partial charge in [-0.15, -0.1) is 0 Å². The molecule has 2 heterocycles. The molecule has 2 atom stereocenters. The van der Waals surface area contributed by atoms with Crippen molar-refractivity contribution in [3.63, 3.8) is 0 Å². The highest BCUT2D eigenvalue weighted by molar-refractivity contribution is 5.72. The number of carboxylic acid groups (broad SMARTS) is 1. The molecule has 1 saturated heterocycles. The SMILES string of the molecule is CC(C)(N)CN1C[C@@H](C(=O)O)[C@H](c2ccncc2)C1. The van der Waals surface area contributed by atoms with Crippen molar-refractivity contribution < 1.29 is 9.90 Å². The number of nitrogens with zero attached hydrogens (tertiary/aromatic N) is 2. The Hall–Kier alpha value is -1.46. The maximum Gasteiger partial charge on any atom is 0.308 e. The van der Waals surface area contributed by atoms with Crippen LogP contribution in [0.2, 0.25) is 0 Å². The van der Waals surface area contributed by atoms with E-state index in [1.807, 2.05) is 26.0 Å². The lowest BCUT2D eigenvalue weighted by Gasteiger charge is -2.26. The Morgan fingerprint density at radius 1 is 1.47 bits per heavy atom. The summed E-state index contributed by atoms with van der Waals surface area (Å²) in [4.78, 5) is 17.5. The molecule has 0 unspecified atom stereocenters. The Kier molecular flexibility index (Phi) is 3.87. The van der Waals surface area contributed by atoms with Crippen LogP contribution in [0.25, 0.3) is 0 Å². The Morgan fingerprint density at radius 3 is 2.63 bits per heavy atom. The Bertz CT molecular complexity index is 442. The number of nitrogens with two attached hydrogens (primary N) is 1. The molecular formula is C14H21N3O2. The van der Waals surface area contributed by atoms with Crippen LogP contribution in [0.3, 0.4) is 0 Å². The third-order valence-electron chi connectivity index (χ3n) is 3.48. The average molecular weight is 263 g/mol. The van der Waals surface area contributed by atoms with Gasteiger partial charge in [0, 0.05) is 43.5 Å². The highest BCUT2D eigenvalue weighted by Crippen LogP contribution is 2.33. The second kappa shape index (κ2) is 5.27. The predicted octanol–water partition coefficient (Wildman–Crippen LogP) is 0.919. The first kappa shape index (κ1) is 14.0. The number of aliphatic carboxylic acids is 1. The van der Waals surface area contributed by atoms with Gasteiger partial charge in [-0.3, -0.25) is 9.78 Å². The van der Waals surface area contributed by atoms with Crippen molar-refractivity contribution in [2.45, 2.75) is 25.3 Å². The Labute approximate surface area is 113 Å². The van der Waals surface area contributed by atoms with Crippen LogP contribution in [-0.4, -0.2) is 46.1 Å². The van der Waals surface area contributed by atoms with Crippen LogP contribution in [0.4, 0.5) is 0 Å². The lowest BCUT2D eigenvalue weighted by atomic mass is 9.90. The molecule has 3 N–H and O–H groups in total. The van der Waals surface area contributed by atoms with Crippen molar-refractivity contribution in [2.24, 2.45) is 11.7 Å². The van der Waals surface area contributed by atoms with Gasteiger partial charge in [0.1, 0.15) is 0 Å². The van der Waals surface area contributed by atoms with Crippen molar-refractivity contribution in [3.8, 4) is 0 Å². The van der Waals surface area contributed by atoms with E-state index in [1.165, 1.54) is 0 Å². The second-order valence-corrected chi connectivity index (χ2v) is 6.01. The Morgan fingerprint density at radius 2 is 2.11 bits per heavy atom. The molecular weight excluding hydrogens is 242 g/mol. The molecule has 0 aromatic carbocycles. The summed E-state index contributed by atoms with van der Waals surface area (Å²) < 4.78 is 0. The summed E-state index contributed by atoms with van der Waals surface area (Å²) in [7, 11) is 0. The van der Waals surface area contributed by atoms with Gasteiger partial charge < -0.3 is 15.7 Å². The van der Waals surface area contributed by atoms with Crippen molar-refractivity contribution in [1.29, 1.82) is 0 Å². The molecule has 5 heteroatoms. The van der Waals surface area contributed by atoms with E-state index in [9.17, 15) is 9.90 Å². The smallest absolute Gasteiger partial charge is 0.308 e. The minimum atomic E-state index is -0.737. The first-order chi connectivity index (χ1) is 8.87. The van der Waals surface area contributed by atoms with E-state index < -0.39 is 5.97 Å². The van der Waals surface area contributed by atoms with E-state index >= 15 is 0 Å². The summed E-state index contributed by atoms with van der Waals surface area (Å²) in [5.41, 5.74) is 6.75. The molecule has 0 amide bonds. The van der Waals surface area contributed by atoms with E-state index in [0.717, 1.165) is 12.1 Å². The first-order valence-corrected chi connectivity index (χ1v) is 6.51. The van der Waals surface area contributed by atoms with Gasteiger partial charge in [-0.2, -0.15) is 0 Å². The van der Waals surface area contributed by atoms with E-state index in [-0.39, 0.29) is 17.4 Å². The third-order valence-corrected chi connectivity index (χ3v) is 3.48. The molecule has 5 nitrogen and oxygen atoms in total. The van der Waals surface area contributed by atoms with E-state index in [2.05, 4.69) is 9.88 Å². The van der Waals surface area contributed by atoms with Gasteiger partial charge >= 0.3 is 5.97 Å². The fraction of sp³-hybridized carbons (Fsp3) is 0.571. The normalized spacial score (nSPS) is 24.6. The van der Waals surface area contributed by atoms with Crippen LogP contribution in [0.15, 0.2) is 24.5 Å². The zero-order valence-electron chi connectivity index (χ0n) is 11.4. The number of pyridine rings is 1. The maximum absolute atomic E-state index is 11.4. The van der Waals surface area contributed by atoms with E-state index in [4.69, 9.17) is 5.73 Å². The maximum atomic E-state index is 11.4. The number of hydrogen-bond donors (Lipinski definition) is 2. The van der Waals surface area contributed by atoms with Crippen LogP contribution in [0.1, 0.15) is 25.3 Å². The molecule has 19 heavy (non-hydrogen) atoms. The molecule has 0 radical (unpaired) electrons. The van der Waals surface area contributed by atoms with Gasteiger partial charge in [0.2, 0.25) is 0 Å². The quantitative estimate of drug-likeness (QED) is 0.844. The van der Waals surface area contributed by atoms with Gasteiger partial charge in [0.25, 0.3) is 0 Å². The van der Waals surface area contributed by atoms with Crippen molar-refractivity contribution in [2.75, 3.05) is 19.6 Å². The number of rotatable bonds is 4. The molecule has 0 aliphatic carbocycles. The lowest BCUT2D eigenvalue weighted by Crippen LogP contribution is -2.44. The zero-order valence-corrected chi connectivity index (χ0v) is 11.4. The van der Waals surface area contributed by atoms with Crippen LogP contribution in [-0.2, 0) is 4.79 Å². The standard InChI is InChI=1S/C14H21N3O2/c1-14(2,15)9-17-7-11(12(8-17)13(18)19)10-3-5-16-6-4-10/h3-6,11-12H,7-9,15H2,1-2H3,(H,18,19)/t11-,12+/m0/s1. The largest absolute Gasteiger partial charge is 0.481 e. The summed E-state index contributed by atoms with van der Waals surface area (Å²) in [5, 5.41) is 9.39. The van der Waals surface area contributed by atoms with Crippen LogP contribution < -0.4 is 5.73 Å². The zero-order chi connectivity index (χ0) is 14.0. The van der Waals surface area contributed by atoms with Gasteiger partial charge in [0.05, 0.1) is 5.92 Å². The Balaban J connectivity index is 2.16. The number of carbonyl (C=O) groups is 1. The molecule has 0 saturated carbocycles. The minimum absolute atomic E-state index is 0.0165. The lowest BCUT2D eigenvalue weighted by molar-refractivity contribution is -0.141. The van der Waals surface area contributed by atoms with Gasteiger partial charge in [-0.1, -0.05) is 0 Å². The average Bonchev–Trinajstić information content (AvgIpc) is 2.72. The summed E-state index contributed by atoms with van der Waals surface area (Å²) in [6.07, 6.45) is 3.42. The molecule has 104 valence electrons. The fourth-order valence-electron chi connectivity index (χ4n) is 2.79. The highest BCUT2D eigenvalue weighted by atomic mass is 16.4.